The van der Waals surface area contributed by atoms with Gasteiger partial charge in [-0.1, -0.05) is 13.0 Å². The number of rotatable bonds is 6. The molecule has 2 rings (SSSR count). The summed E-state index contributed by atoms with van der Waals surface area (Å²) in [4.78, 5) is 0. The molecule has 18 heavy (non-hydrogen) atoms. The van der Waals surface area contributed by atoms with Gasteiger partial charge in [-0.3, -0.25) is 0 Å². The van der Waals surface area contributed by atoms with E-state index in [1.165, 1.54) is 30.4 Å². The van der Waals surface area contributed by atoms with Crippen molar-refractivity contribution in [3.63, 3.8) is 0 Å². The van der Waals surface area contributed by atoms with E-state index in [0.717, 1.165) is 18.7 Å². The molecule has 2 N–H and O–H groups in total. The van der Waals surface area contributed by atoms with Gasteiger partial charge in [0, 0.05) is 6.04 Å². The van der Waals surface area contributed by atoms with Gasteiger partial charge in [0.05, 0.1) is 6.61 Å². The summed E-state index contributed by atoms with van der Waals surface area (Å²) in [7, 11) is 0. The molecule has 0 heterocycles. The van der Waals surface area contributed by atoms with Gasteiger partial charge >= 0.3 is 0 Å². The van der Waals surface area contributed by atoms with E-state index in [0.29, 0.717) is 12.6 Å². The predicted molar refractivity (Wildman–Crippen MR) is 73.0 cm³/mol. The molecule has 0 saturated heterocycles. The quantitative estimate of drug-likeness (QED) is 0.813. The summed E-state index contributed by atoms with van der Waals surface area (Å²) in [5, 5.41) is 12.4. The van der Waals surface area contributed by atoms with E-state index < -0.39 is 0 Å². The van der Waals surface area contributed by atoms with Gasteiger partial charge in [0.2, 0.25) is 0 Å². The van der Waals surface area contributed by atoms with Gasteiger partial charge in [-0.25, -0.2) is 0 Å². The molecule has 1 atom stereocenters. The number of aliphatic hydroxyl groups excluding tert-OH is 1. The fourth-order valence-corrected chi connectivity index (χ4v) is 2.56. The van der Waals surface area contributed by atoms with Crippen LogP contribution in [0, 0.1) is 0 Å². The lowest BCUT2D eigenvalue weighted by Crippen LogP contribution is -2.25. The van der Waals surface area contributed by atoms with Crippen LogP contribution in [0.2, 0.25) is 0 Å². The van der Waals surface area contributed by atoms with Crippen LogP contribution in [-0.4, -0.2) is 24.9 Å². The van der Waals surface area contributed by atoms with Crippen molar-refractivity contribution in [2.24, 2.45) is 0 Å². The summed E-state index contributed by atoms with van der Waals surface area (Å²) >= 11 is 0. The van der Waals surface area contributed by atoms with Crippen LogP contribution in [0.3, 0.4) is 0 Å². The first-order valence-electron chi connectivity index (χ1n) is 6.95. The fraction of sp³-hybridized carbons (Fsp3) is 0.600. The Morgan fingerprint density at radius 1 is 1.44 bits per heavy atom. The Labute approximate surface area is 109 Å². The largest absolute Gasteiger partial charge is 0.491 e. The zero-order valence-corrected chi connectivity index (χ0v) is 11.1. The van der Waals surface area contributed by atoms with Crippen molar-refractivity contribution in [2.75, 3.05) is 19.8 Å². The average molecular weight is 249 g/mol. The molecular weight excluding hydrogens is 226 g/mol. The van der Waals surface area contributed by atoms with Gasteiger partial charge in [-0.2, -0.15) is 0 Å². The topological polar surface area (TPSA) is 41.5 Å². The number of ether oxygens (including phenoxy) is 1. The molecular formula is C15H23NO2. The summed E-state index contributed by atoms with van der Waals surface area (Å²) in [6.45, 7) is 3.68. The lowest BCUT2D eigenvalue weighted by atomic mass is 9.87. The molecule has 0 amide bonds. The van der Waals surface area contributed by atoms with Crippen LogP contribution in [-0.2, 0) is 6.42 Å². The summed E-state index contributed by atoms with van der Waals surface area (Å²) in [6.07, 6.45) is 4.79. The Bertz CT molecular complexity index is 379. The van der Waals surface area contributed by atoms with Crippen LogP contribution >= 0.6 is 0 Å². The van der Waals surface area contributed by atoms with E-state index >= 15 is 0 Å². The van der Waals surface area contributed by atoms with Crippen molar-refractivity contribution < 1.29 is 9.84 Å². The molecule has 0 saturated carbocycles. The van der Waals surface area contributed by atoms with Crippen LogP contribution in [0.15, 0.2) is 18.2 Å². The van der Waals surface area contributed by atoms with E-state index in [1.54, 1.807) is 0 Å². The maximum Gasteiger partial charge on any atom is 0.119 e. The zero-order chi connectivity index (χ0) is 12.8. The first-order valence-corrected chi connectivity index (χ1v) is 6.95. The van der Waals surface area contributed by atoms with Crippen molar-refractivity contribution in [1.29, 1.82) is 0 Å². The van der Waals surface area contributed by atoms with E-state index in [1.807, 2.05) is 6.07 Å². The fourth-order valence-electron chi connectivity index (χ4n) is 2.56. The monoisotopic (exact) mass is 249 g/mol. The van der Waals surface area contributed by atoms with Gasteiger partial charge in [0.25, 0.3) is 0 Å². The Morgan fingerprint density at radius 3 is 3.11 bits per heavy atom. The van der Waals surface area contributed by atoms with Crippen LogP contribution in [0.5, 0.6) is 5.75 Å². The molecule has 0 spiro atoms. The number of hydrogen-bond acceptors (Lipinski definition) is 3. The third-order valence-corrected chi connectivity index (χ3v) is 3.43. The molecule has 3 nitrogen and oxygen atoms in total. The summed E-state index contributed by atoms with van der Waals surface area (Å²) < 4.78 is 5.50. The molecule has 3 heteroatoms. The van der Waals surface area contributed by atoms with Crippen molar-refractivity contribution >= 4 is 0 Å². The second kappa shape index (κ2) is 6.76. The van der Waals surface area contributed by atoms with E-state index in [2.05, 4.69) is 24.4 Å². The van der Waals surface area contributed by atoms with Crippen LogP contribution < -0.4 is 10.1 Å². The Kier molecular flexibility index (Phi) is 5.02. The molecule has 0 fully saturated rings. The molecule has 1 aromatic carbocycles. The number of aliphatic hydroxyl groups is 1. The van der Waals surface area contributed by atoms with Crippen LogP contribution in [0.25, 0.3) is 0 Å². The minimum Gasteiger partial charge on any atom is -0.491 e. The van der Waals surface area contributed by atoms with Crippen molar-refractivity contribution in [3.8, 4) is 5.75 Å². The van der Waals surface area contributed by atoms with Crippen LogP contribution in [0.1, 0.15) is 43.4 Å². The van der Waals surface area contributed by atoms with Crippen molar-refractivity contribution in [2.45, 2.75) is 38.6 Å². The summed E-state index contributed by atoms with van der Waals surface area (Å²) in [5.74, 6) is 0.869. The number of fused-ring (bicyclic) bond motifs is 1. The lowest BCUT2D eigenvalue weighted by molar-refractivity contribution is 0.201. The van der Waals surface area contributed by atoms with Gasteiger partial charge < -0.3 is 15.2 Å². The maximum atomic E-state index is 8.80. The molecule has 1 aliphatic rings. The van der Waals surface area contributed by atoms with E-state index in [-0.39, 0.29) is 6.61 Å². The van der Waals surface area contributed by atoms with Crippen LogP contribution in [0.4, 0.5) is 0 Å². The third kappa shape index (κ3) is 3.24. The molecule has 1 unspecified atom stereocenters. The minimum absolute atomic E-state index is 0.0641. The minimum atomic E-state index is 0.0641. The predicted octanol–water partition coefficient (Wildman–Crippen LogP) is 2.43. The highest BCUT2D eigenvalue weighted by Gasteiger charge is 2.19. The first kappa shape index (κ1) is 13.4. The number of benzene rings is 1. The summed E-state index contributed by atoms with van der Waals surface area (Å²) in [5.41, 5.74) is 2.82. The molecule has 1 aliphatic carbocycles. The highest BCUT2D eigenvalue weighted by molar-refractivity contribution is 5.39. The second-order valence-corrected chi connectivity index (χ2v) is 4.83. The first-order chi connectivity index (χ1) is 8.85. The highest BCUT2D eigenvalue weighted by Crippen LogP contribution is 2.32. The van der Waals surface area contributed by atoms with Gasteiger partial charge in [0.15, 0.2) is 0 Å². The Morgan fingerprint density at radius 2 is 2.33 bits per heavy atom. The smallest absolute Gasteiger partial charge is 0.119 e. The molecule has 0 aliphatic heterocycles. The Hall–Kier alpha value is -1.06. The average Bonchev–Trinajstić information content (AvgIpc) is 2.42. The standard InChI is InChI=1S/C15H23NO2/c1-2-8-16-15-5-3-4-12-6-7-13(11-14(12)15)18-10-9-17/h6-7,11,15-17H,2-5,8-10H2,1H3. The zero-order valence-electron chi connectivity index (χ0n) is 11.1. The van der Waals surface area contributed by atoms with Gasteiger partial charge in [-0.15, -0.1) is 0 Å². The van der Waals surface area contributed by atoms with E-state index in [4.69, 9.17) is 9.84 Å². The third-order valence-electron chi connectivity index (χ3n) is 3.43. The Balaban J connectivity index is 2.12. The highest BCUT2D eigenvalue weighted by atomic mass is 16.5. The summed E-state index contributed by atoms with van der Waals surface area (Å²) in [6, 6.07) is 6.78. The number of nitrogens with one attached hydrogen (secondary N) is 1. The molecule has 0 aromatic heterocycles. The normalized spacial score (nSPS) is 18.4. The van der Waals surface area contributed by atoms with Gasteiger partial charge in [-0.05, 0) is 55.5 Å². The SMILES string of the molecule is CCCNC1CCCc2ccc(OCCO)cc21. The maximum absolute atomic E-state index is 8.80. The van der Waals surface area contributed by atoms with Crippen molar-refractivity contribution in [3.05, 3.63) is 29.3 Å². The van der Waals surface area contributed by atoms with E-state index in [9.17, 15) is 0 Å². The molecule has 0 bridgehead atoms. The molecule has 0 radical (unpaired) electrons. The number of hydrogen-bond donors (Lipinski definition) is 2. The number of aryl methyl sites for hydroxylation is 1. The van der Waals surface area contributed by atoms with Crippen molar-refractivity contribution in [1.82, 2.24) is 5.32 Å². The molecule has 1 aromatic rings. The van der Waals surface area contributed by atoms with Gasteiger partial charge in [0.1, 0.15) is 12.4 Å². The second-order valence-electron chi connectivity index (χ2n) is 4.83. The lowest BCUT2D eigenvalue weighted by Gasteiger charge is -2.27. The molecule has 100 valence electrons.